The van der Waals surface area contributed by atoms with Crippen molar-refractivity contribution >= 4 is 17.2 Å². The third-order valence-corrected chi connectivity index (χ3v) is 4.81. The molecule has 0 bridgehead atoms. The first-order valence-corrected chi connectivity index (χ1v) is 8.09. The number of aryl methyl sites for hydroxylation is 1. The molecule has 3 heterocycles. The Morgan fingerprint density at radius 1 is 1.48 bits per heavy atom. The fourth-order valence-corrected chi connectivity index (χ4v) is 3.39. The van der Waals surface area contributed by atoms with Gasteiger partial charge in [-0.1, -0.05) is 13.8 Å². The first kappa shape index (κ1) is 14.2. The molecule has 2 aromatic rings. The molecule has 0 aliphatic carbocycles. The Morgan fingerprint density at radius 2 is 2.29 bits per heavy atom. The summed E-state index contributed by atoms with van der Waals surface area (Å²) in [7, 11) is 0. The van der Waals surface area contributed by atoms with E-state index in [1.54, 1.807) is 11.3 Å². The third kappa shape index (κ3) is 2.70. The molecular formula is C14H19N5OS. The Bertz CT molecular complexity index is 647. The molecular weight excluding hydrogens is 286 g/mol. The maximum absolute atomic E-state index is 12.7. The van der Waals surface area contributed by atoms with Gasteiger partial charge in [0.1, 0.15) is 11.5 Å². The highest BCUT2D eigenvalue weighted by molar-refractivity contribution is 7.09. The van der Waals surface area contributed by atoms with Gasteiger partial charge in [0.05, 0.1) is 11.0 Å². The van der Waals surface area contributed by atoms with Crippen LogP contribution in [0.1, 0.15) is 65.8 Å². The second-order valence-corrected chi connectivity index (χ2v) is 6.55. The van der Waals surface area contributed by atoms with Crippen molar-refractivity contribution in [3.05, 3.63) is 27.7 Å². The fourth-order valence-electron chi connectivity index (χ4n) is 2.59. The molecule has 0 spiro atoms. The minimum Gasteiger partial charge on any atom is -0.327 e. The summed E-state index contributed by atoms with van der Waals surface area (Å²) in [4.78, 5) is 23.4. The van der Waals surface area contributed by atoms with Crippen LogP contribution in [-0.4, -0.2) is 37.5 Å². The molecule has 21 heavy (non-hydrogen) atoms. The van der Waals surface area contributed by atoms with E-state index < -0.39 is 0 Å². The van der Waals surface area contributed by atoms with Crippen LogP contribution < -0.4 is 0 Å². The lowest BCUT2D eigenvalue weighted by Gasteiger charge is -2.21. The molecule has 6 nitrogen and oxygen atoms in total. The molecule has 0 aromatic carbocycles. The van der Waals surface area contributed by atoms with E-state index in [1.807, 2.05) is 17.2 Å². The molecule has 1 N–H and O–H groups in total. The Morgan fingerprint density at radius 3 is 2.90 bits per heavy atom. The number of aromatic amines is 1. The SMILES string of the molecule is Cc1nc([C@H]2CCCN2C(=O)c2csc(C(C)C)n2)n[nH]1. The normalized spacial score (nSPS) is 18.7. The maximum Gasteiger partial charge on any atom is 0.273 e. The van der Waals surface area contributed by atoms with Crippen molar-refractivity contribution in [2.45, 2.75) is 45.6 Å². The van der Waals surface area contributed by atoms with Crippen molar-refractivity contribution in [1.82, 2.24) is 25.1 Å². The Balaban J connectivity index is 1.82. The lowest BCUT2D eigenvalue weighted by atomic mass is 10.2. The number of aromatic nitrogens is 4. The Labute approximate surface area is 127 Å². The summed E-state index contributed by atoms with van der Waals surface area (Å²) in [5.74, 6) is 1.82. The summed E-state index contributed by atoms with van der Waals surface area (Å²) in [6, 6.07) is -0.0355. The van der Waals surface area contributed by atoms with E-state index in [9.17, 15) is 4.79 Å². The van der Waals surface area contributed by atoms with Crippen molar-refractivity contribution in [3.8, 4) is 0 Å². The topological polar surface area (TPSA) is 74.8 Å². The molecule has 0 radical (unpaired) electrons. The predicted octanol–water partition coefficient (Wildman–Crippen LogP) is 2.67. The monoisotopic (exact) mass is 305 g/mol. The highest BCUT2D eigenvalue weighted by atomic mass is 32.1. The lowest BCUT2D eigenvalue weighted by Crippen LogP contribution is -2.31. The second-order valence-electron chi connectivity index (χ2n) is 5.66. The van der Waals surface area contributed by atoms with Gasteiger partial charge < -0.3 is 4.90 Å². The van der Waals surface area contributed by atoms with E-state index in [1.165, 1.54) is 0 Å². The van der Waals surface area contributed by atoms with Gasteiger partial charge >= 0.3 is 0 Å². The molecule has 1 aliphatic rings. The van der Waals surface area contributed by atoms with Crippen LogP contribution in [0.5, 0.6) is 0 Å². The number of carbonyl (C=O) groups is 1. The number of amides is 1. The summed E-state index contributed by atoms with van der Waals surface area (Å²) < 4.78 is 0. The molecule has 1 amide bonds. The molecule has 2 aromatic heterocycles. The number of thiazole rings is 1. The van der Waals surface area contributed by atoms with Crippen LogP contribution in [0.25, 0.3) is 0 Å². The molecule has 112 valence electrons. The molecule has 1 saturated heterocycles. The summed E-state index contributed by atoms with van der Waals surface area (Å²) in [5.41, 5.74) is 0.544. The minimum atomic E-state index is -0.0355. The quantitative estimate of drug-likeness (QED) is 0.946. The van der Waals surface area contributed by atoms with Crippen LogP contribution in [0, 0.1) is 6.92 Å². The van der Waals surface area contributed by atoms with Gasteiger partial charge in [0, 0.05) is 17.8 Å². The van der Waals surface area contributed by atoms with Gasteiger partial charge in [0.25, 0.3) is 5.91 Å². The largest absolute Gasteiger partial charge is 0.327 e. The van der Waals surface area contributed by atoms with Gasteiger partial charge in [-0.2, -0.15) is 5.10 Å². The third-order valence-electron chi connectivity index (χ3n) is 3.66. The number of nitrogens with zero attached hydrogens (tertiary/aromatic N) is 4. The molecule has 0 saturated carbocycles. The fraction of sp³-hybridized carbons (Fsp3) is 0.571. The molecule has 7 heteroatoms. The van der Waals surface area contributed by atoms with Gasteiger partial charge in [-0.05, 0) is 19.8 Å². The van der Waals surface area contributed by atoms with Gasteiger partial charge in [-0.3, -0.25) is 9.89 Å². The number of hydrogen-bond donors (Lipinski definition) is 1. The minimum absolute atomic E-state index is 0.0110. The number of nitrogens with one attached hydrogen (secondary N) is 1. The van der Waals surface area contributed by atoms with E-state index in [0.29, 0.717) is 17.4 Å². The van der Waals surface area contributed by atoms with E-state index in [0.717, 1.165) is 30.2 Å². The van der Waals surface area contributed by atoms with Crippen LogP contribution in [0.4, 0.5) is 0 Å². The van der Waals surface area contributed by atoms with Gasteiger partial charge in [0.2, 0.25) is 0 Å². The smallest absolute Gasteiger partial charge is 0.273 e. The molecule has 1 atom stereocenters. The molecule has 1 aliphatic heterocycles. The maximum atomic E-state index is 12.7. The zero-order chi connectivity index (χ0) is 15.0. The van der Waals surface area contributed by atoms with Crippen LogP contribution >= 0.6 is 11.3 Å². The Kier molecular flexibility index (Phi) is 3.75. The summed E-state index contributed by atoms with van der Waals surface area (Å²) in [6.07, 6.45) is 1.88. The van der Waals surface area contributed by atoms with Crippen LogP contribution in [0.3, 0.4) is 0 Å². The van der Waals surface area contributed by atoms with E-state index >= 15 is 0 Å². The van der Waals surface area contributed by atoms with Gasteiger partial charge in [-0.25, -0.2) is 9.97 Å². The average Bonchev–Trinajstić information content (AvgIpc) is 3.17. The highest BCUT2D eigenvalue weighted by Crippen LogP contribution is 2.31. The van der Waals surface area contributed by atoms with Crippen LogP contribution in [0.2, 0.25) is 0 Å². The van der Waals surface area contributed by atoms with Crippen molar-refractivity contribution in [2.75, 3.05) is 6.54 Å². The summed E-state index contributed by atoms with van der Waals surface area (Å²) >= 11 is 1.55. The van der Waals surface area contributed by atoms with Gasteiger partial charge in [-0.15, -0.1) is 11.3 Å². The highest BCUT2D eigenvalue weighted by Gasteiger charge is 2.34. The van der Waals surface area contributed by atoms with Gasteiger partial charge in [0.15, 0.2) is 5.82 Å². The van der Waals surface area contributed by atoms with Crippen molar-refractivity contribution < 1.29 is 4.79 Å². The molecule has 1 fully saturated rings. The predicted molar refractivity (Wildman–Crippen MR) is 80.3 cm³/mol. The van der Waals surface area contributed by atoms with Crippen molar-refractivity contribution in [1.29, 1.82) is 0 Å². The van der Waals surface area contributed by atoms with E-state index in [-0.39, 0.29) is 11.9 Å². The van der Waals surface area contributed by atoms with Crippen molar-refractivity contribution in [2.24, 2.45) is 0 Å². The zero-order valence-corrected chi connectivity index (χ0v) is 13.3. The van der Waals surface area contributed by atoms with E-state index in [2.05, 4.69) is 34.0 Å². The first-order chi connectivity index (χ1) is 10.1. The van der Waals surface area contributed by atoms with Crippen LogP contribution in [-0.2, 0) is 0 Å². The average molecular weight is 305 g/mol. The molecule has 3 rings (SSSR count). The van der Waals surface area contributed by atoms with E-state index in [4.69, 9.17) is 0 Å². The standard InChI is InChI=1S/C14H19N5OS/c1-8(2)13-16-10(7-21-13)14(20)19-6-4-5-11(19)12-15-9(3)17-18-12/h7-8,11H,4-6H2,1-3H3,(H,15,17,18)/t11-/m1/s1. The Hall–Kier alpha value is -1.76. The van der Waals surface area contributed by atoms with Crippen molar-refractivity contribution in [3.63, 3.8) is 0 Å². The number of hydrogen-bond acceptors (Lipinski definition) is 5. The zero-order valence-electron chi connectivity index (χ0n) is 12.5. The number of H-pyrrole nitrogens is 1. The lowest BCUT2D eigenvalue weighted by molar-refractivity contribution is 0.0724. The summed E-state index contributed by atoms with van der Waals surface area (Å²) in [5, 5.41) is 9.92. The van der Waals surface area contributed by atoms with Crippen LogP contribution in [0.15, 0.2) is 5.38 Å². The molecule has 0 unspecified atom stereocenters. The number of rotatable bonds is 3. The summed E-state index contributed by atoms with van der Waals surface area (Å²) in [6.45, 7) is 6.78. The first-order valence-electron chi connectivity index (χ1n) is 7.21. The second kappa shape index (κ2) is 5.55. The number of carbonyl (C=O) groups excluding carboxylic acids is 1. The number of likely N-dealkylation sites (tertiary alicyclic amines) is 1.